The number of nitrogens with two attached hydrogens (primary N) is 1. The molecule has 0 radical (unpaired) electrons. The van der Waals surface area contributed by atoms with Crippen LogP contribution >= 0.6 is 0 Å². The van der Waals surface area contributed by atoms with Crippen molar-refractivity contribution in [3.8, 4) is 0 Å². The third-order valence-corrected chi connectivity index (χ3v) is 3.87. The maximum Gasteiger partial charge on any atom is 0.311 e. The number of hydrogen-bond donors (Lipinski definition) is 4. The molecule has 10 heteroatoms. The number of rotatable bonds is 11. The summed E-state index contributed by atoms with van der Waals surface area (Å²) in [6.45, 7) is 7.69. The second-order valence-corrected chi connectivity index (χ2v) is 7.48. The van der Waals surface area contributed by atoms with Crippen LogP contribution in [0.3, 0.4) is 0 Å². The molecule has 0 aliphatic carbocycles. The molecule has 0 bridgehead atoms. The molecule has 0 saturated carbocycles. The maximum atomic E-state index is 12.0. The van der Waals surface area contributed by atoms with E-state index in [1.807, 2.05) is 6.92 Å². The number of amides is 3. The maximum absolute atomic E-state index is 12.0. The van der Waals surface area contributed by atoms with Gasteiger partial charge in [0.2, 0.25) is 17.6 Å². The van der Waals surface area contributed by atoms with Gasteiger partial charge in [-0.1, -0.05) is 13.3 Å². The van der Waals surface area contributed by atoms with Crippen molar-refractivity contribution in [2.45, 2.75) is 65.6 Å². The van der Waals surface area contributed by atoms with Gasteiger partial charge >= 0.3 is 5.97 Å². The Labute approximate surface area is 165 Å². The molecule has 0 aromatic carbocycles. The zero-order valence-electron chi connectivity index (χ0n) is 17.4. The van der Waals surface area contributed by atoms with Gasteiger partial charge in [-0.25, -0.2) is 0 Å². The molecule has 0 saturated heterocycles. The van der Waals surface area contributed by atoms with Crippen LogP contribution in [-0.2, 0) is 28.7 Å². The minimum absolute atomic E-state index is 0.482. The fourth-order valence-electron chi connectivity index (χ4n) is 2.16. The van der Waals surface area contributed by atoms with E-state index in [4.69, 9.17) is 10.5 Å². The fourth-order valence-corrected chi connectivity index (χ4v) is 2.16. The molecule has 10 nitrogen and oxygen atoms in total. The van der Waals surface area contributed by atoms with Crippen LogP contribution in [0.2, 0.25) is 0 Å². The fraction of sp³-hybridized carbons (Fsp3) is 0.722. The Morgan fingerprint density at radius 1 is 1.11 bits per heavy atom. The molecule has 0 aliphatic heterocycles. The van der Waals surface area contributed by atoms with Gasteiger partial charge < -0.3 is 26.4 Å². The minimum atomic E-state index is -1.28. The number of esters is 1. The van der Waals surface area contributed by atoms with Gasteiger partial charge in [0.25, 0.3) is 5.91 Å². The van der Waals surface area contributed by atoms with E-state index in [0.29, 0.717) is 12.8 Å². The van der Waals surface area contributed by atoms with E-state index in [-0.39, 0.29) is 0 Å². The van der Waals surface area contributed by atoms with Crippen LogP contribution in [0.15, 0.2) is 0 Å². The van der Waals surface area contributed by atoms with Crippen LogP contribution in [0.5, 0.6) is 0 Å². The predicted molar refractivity (Wildman–Crippen MR) is 102 cm³/mol. The largest absolute Gasteiger partial charge is 0.460 e. The second-order valence-electron chi connectivity index (χ2n) is 7.48. The number of nitrogens with one attached hydrogen (secondary N) is 3. The number of ether oxygens (including phenoxy) is 1. The number of carbonyl (C=O) groups is 5. The summed E-state index contributed by atoms with van der Waals surface area (Å²) in [7, 11) is 1.57. The molecular formula is C18H32N4O6. The molecule has 0 aliphatic rings. The van der Waals surface area contributed by atoms with Crippen LogP contribution in [-0.4, -0.2) is 61.3 Å². The zero-order valence-corrected chi connectivity index (χ0v) is 17.4. The molecule has 0 aromatic heterocycles. The zero-order chi connectivity index (χ0) is 22.1. The Morgan fingerprint density at radius 2 is 1.68 bits per heavy atom. The lowest BCUT2D eigenvalue weighted by molar-refractivity contribution is -0.160. The van der Waals surface area contributed by atoms with Crippen LogP contribution < -0.4 is 21.7 Å². The van der Waals surface area contributed by atoms with Gasteiger partial charge in [0.05, 0.1) is 18.0 Å². The Bertz CT molecular complexity index is 599. The Kier molecular flexibility index (Phi) is 10.4. The molecule has 0 aromatic rings. The Morgan fingerprint density at radius 3 is 2.11 bits per heavy atom. The smallest absolute Gasteiger partial charge is 0.311 e. The summed E-state index contributed by atoms with van der Waals surface area (Å²) in [5, 5.41) is 7.25. The highest BCUT2D eigenvalue weighted by Gasteiger charge is 2.32. The third kappa shape index (κ3) is 8.47. The SMILES string of the molecule is CCCC(NC)C(=O)C(=O)NCC(=O)NC(C(N)=O)C(C)OC(=O)C(C)(C)C. The van der Waals surface area contributed by atoms with Gasteiger partial charge in [0.1, 0.15) is 12.1 Å². The highest BCUT2D eigenvalue weighted by molar-refractivity contribution is 6.38. The normalized spacial score (nSPS) is 14.4. The van der Waals surface area contributed by atoms with E-state index in [1.165, 1.54) is 6.92 Å². The molecule has 3 atom stereocenters. The summed E-state index contributed by atoms with van der Waals surface area (Å²) in [4.78, 5) is 59.5. The average Bonchev–Trinajstić information content (AvgIpc) is 2.60. The second kappa shape index (κ2) is 11.4. The first kappa shape index (κ1) is 25.5. The molecule has 0 spiro atoms. The number of likely N-dealkylation sites (N-methyl/N-ethyl adjacent to an activating group) is 1. The van der Waals surface area contributed by atoms with Gasteiger partial charge in [0, 0.05) is 0 Å². The summed E-state index contributed by atoms with van der Waals surface area (Å²) in [5.41, 5.74) is 4.48. The number of hydrogen-bond acceptors (Lipinski definition) is 7. The van der Waals surface area contributed by atoms with Crippen molar-refractivity contribution in [2.75, 3.05) is 13.6 Å². The van der Waals surface area contributed by atoms with Gasteiger partial charge in [-0.15, -0.1) is 0 Å². The summed E-state index contributed by atoms with van der Waals surface area (Å²) in [5.74, 6) is -3.81. The van der Waals surface area contributed by atoms with Crippen LogP contribution in [0.1, 0.15) is 47.5 Å². The monoisotopic (exact) mass is 400 g/mol. The standard InChI is InChI=1S/C18H32N4O6/c1-7-8-11(20-6)14(24)16(26)21-9-12(23)22-13(15(19)25)10(2)28-17(27)18(3,4)5/h10-11,13,20H,7-9H2,1-6H3,(H2,19,25)(H,21,26)(H,22,23). The summed E-state index contributed by atoms with van der Waals surface area (Å²) in [6, 6.07) is -1.92. The highest BCUT2D eigenvalue weighted by atomic mass is 16.5. The van der Waals surface area contributed by atoms with Crippen molar-refractivity contribution in [1.82, 2.24) is 16.0 Å². The number of ketones is 1. The van der Waals surface area contributed by atoms with Crippen molar-refractivity contribution in [2.24, 2.45) is 11.1 Å². The van der Waals surface area contributed by atoms with Crippen LogP contribution in [0, 0.1) is 5.41 Å². The molecule has 0 heterocycles. The summed E-state index contributed by atoms with van der Waals surface area (Å²) >= 11 is 0. The lowest BCUT2D eigenvalue weighted by atomic mass is 9.97. The topological polar surface area (TPSA) is 157 Å². The highest BCUT2D eigenvalue weighted by Crippen LogP contribution is 2.17. The number of primary amides is 1. The lowest BCUT2D eigenvalue weighted by Gasteiger charge is -2.26. The van der Waals surface area contributed by atoms with E-state index >= 15 is 0 Å². The third-order valence-electron chi connectivity index (χ3n) is 3.87. The predicted octanol–water partition coefficient (Wildman–Crippen LogP) is -0.992. The molecule has 0 rings (SSSR count). The first-order valence-electron chi connectivity index (χ1n) is 9.14. The van der Waals surface area contributed by atoms with Crippen molar-refractivity contribution >= 4 is 29.5 Å². The summed E-state index contributed by atoms with van der Waals surface area (Å²) in [6.07, 6.45) is 0.176. The van der Waals surface area contributed by atoms with E-state index in [0.717, 1.165) is 0 Å². The van der Waals surface area contributed by atoms with Crippen molar-refractivity contribution in [3.05, 3.63) is 0 Å². The first-order chi connectivity index (χ1) is 12.8. The molecule has 0 fully saturated rings. The minimum Gasteiger partial charge on any atom is -0.460 e. The van der Waals surface area contributed by atoms with Crippen molar-refractivity contribution < 1.29 is 28.7 Å². The number of Topliss-reactive ketones (excluding diaryl/α,β-unsaturated/α-hetero) is 1. The van der Waals surface area contributed by atoms with Crippen LogP contribution in [0.4, 0.5) is 0 Å². The van der Waals surface area contributed by atoms with E-state index in [2.05, 4.69) is 16.0 Å². The van der Waals surface area contributed by atoms with Crippen molar-refractivity contribution in [3.63, 3.8) is 0 Å². The first-order valence-corrected chi connectivity index (χ1v) is 9.14. The van der Waals surface area contributed by atoms with E-state index in [9.17, 15) is 24.0 Å². The average molecular weight is 400 g/mol. The quantitative estimate of drug-likeness (QED) is 0.256. The van der Waals surface area contributed by atoms with Crippen LogP contribution in [0.25, 0.3) is 0 Å². The van der Waals surface area contributed by atoms with Crippen molar-refractivity contribution in [1.29, 1.82) is 0 Å². The molecule has 3 amide bonds. The number of carbonyl (C=O) groups excluding carboxylic acids is 5. The Balaban J connectivity index is 4.79. The Hall–Kier alpha value is -2.49. The van der Waals surface area contributed by atoms with Gasteiger partial charge in [0.15, 0.2) is 0 Å². The summed E-state index contributed by atoms with van der Waals surface area (Å²) < 4.78 is 5.17. The molecule has 28 heavy (non-hydrogen) atoms. The van der Waals surface area contributed by atoms with E-state index < -0.39 is 59.6 Å². The molecule has 5 N–H and O–H groups in total. The van der Waals surface area contributed by atoms with E-state index in [1.54, 1.807) is 27.8 Å². The molecular weight excluding hydrogens is 368 g/mol. The molecule has 3 unspecified atom stereocenters. The lowest BCUT2D eigenvalue weighted by Crippen LogP contribution is -2.55. The van der Waals surface area contributed by atoms with Gasteiger partial charge in [-0.05, 0) is 41.2 Å². The molecule has 160 valence electrons. The van der Waals surface area contributed by atoms with Gasteiger partial charge in [-0.3, -0.25) is 24.0 Å². The van der Waals surface area contributed by atoms with Gasteiger partial charge in [-0.2, -0.15) is 0 Å².